The molecule has 2 heterocycles. The van der Waals surface area contributed by atoms with E-state index in [1.807, 2.05) is 4.68 Å². The molecule has 20 heavy (non-hydrogen) atoms. The Morgan fingerprint density at radius 1 is 1.50 bits per heavy atom. The number of halogens is 1. The topological polar surface area (TPSA) is 62.4 Å². The third kappa shape index (κ3) is 3.15. The van der Waals surface area contributed by atoms with E-state index in [0.29, 0.717) is 5.02 Å². The lowest BCUT2D eigenvalue weighted by molar-refractivity contribution is 0.0852. The van der Waals surface area contributed by atoms with Gasteiger partial charge in [0.1, 0.15) is 0 Å². The van der Waals surface area contributed by atoms with Crippen LogP contribution in [0.5, 0.6) is 0 Å². The van der Waals surface area contributed by atoms with Crippen molar-refractivity contribution in [3.63, 3.8) is 0 Å². The van der Waals surface area contributed by atoms with E-state index in [9.17, 15) is 0 Å². The highest BCUT2D eigenvalue weighted by Gasteiger charge is 2.33. The Balaban J connectivity index is 2.29. The van der Waals surface area contributed by atoms with Gasteiger partial charge in [0.25, 0.3) is 0 Å². The van der Waals surface area contributed by atoms with Gasteiger partial charge in [0.05, 0.1) is 23.0 Å². The van der Waals surface area contributed by atoms with E-state index in [1.165, 1.54) is 0 Å². The highest BCUT2D eigenvalue weighted by molar-refractivity contribution is 6.31. The normalized spacial score (nSPS) is 23.1. The summed E-state index contributed by atoms with van der Waals surface area (Å²) < 4.78 is 1.97. The molecule has 0 aliphatic carbocycles. The second kappa shape index (κ2) is 6.87. The standard InChI is InChI=1S/C13H25ClN6/c1-4-5-20-13(10(14)8-16-20)12(17-15)11-9-18(2)6-7-19(11)3/h8,11-12,17H,4-7,9,15H2,1-3H3. The first kappa shape index (κ1) is 15.7. The Morgan fingerprint density at radius 3 is 2.90 bits per heavy atom. The Morgan fingerprint density at radius 2 is 2.25 bits per heavy atom. The molecule has 7 heteroatoms. The molecule has 6 nitrogen and oxygen atoms in total. The number of rotatable bonds is 5. The van der Waals surface area contributed by atoms with E-state index in [0.717, 1.165) is 38.3 Å². The predicted octanol–water partition coefficient (Wildman–Crippen LogP) is 0.697. The minimum atomic E-state index is -0.0238. The van der Waals surface area contributed by atoms with Gasteiger partial charge < -0.3 is 4.90 Å². The van der Waals surface area contributed by atoms with Crippen LogP contribution in [0.2, 0.25) is 5.02 Å². The van der Waals surface area contributed by atoms with Crippen LogP contribution in [-0.2, 0) is 6.54 Å². The van der Waals surface area contributed by atoms with Crippen molar-refractivity contribution >= 4 is 11.6 Å². The average Bonchev–Trinajstić information content (AvgIpc) is 2.77. The predicted molar refractivity (Wildman–Crippen MR) is 81.5 cm³/mol. The van der Waals surface area contributed by atoms with E-state index < -0.39 is 0 Å². The van der Waals surface area contributed by atoms with Crippen molar-refractivity contribution in [2.75, 3.05) is 33.7 Å². The number of piperazine rings is 1. The zero-order valence-corrected chi connectivity index (χ0v) is 13.3. The van der Waals surface area contributed by atoms with E-state index >= 15 is 0 Å². The minimum Gasteiger partial charge on any atom is -0.303 e. The monoisotopic (exact) mass is 300 g/mol. The molecule has 0 amide bonds. The molecule has 2 unspecified atom stereocenters. The van der Waals surface area contributed by atoms with Crippen molar-refractivity contribution < 1.29 is 0 Å². The second-order valence-corrected chi connectivity index (χ2v) is 5.96. The summed E-state index contributed by atoms with van der Waals surface area (Å²) in [6.45, 7) is 6.04. The summed E-state index contributed by atoms with van der Waals surface area (Å²) in [5.41, 5.74) is 3.94. The number of hydrogen-bond acceptors (Lipinski definition) is 5. The summed E-state index contributed by atoms with van der Waals surface area (Å²) >= 11 is 6.35. The summed E-state index contributed by atoms with van der Waals surface area (Å²) in [7, 11) is 4.27. The van der Waals surface area contributed by atoms with Gasteiger partial charge >= 0.3 is 0 Å². The number of hydrazine groups is 1. The fourth-order valence-electron chi connectivity index (χ4n) is 2.85. The first-order valence-corrected chi connectivity index (χ1v) is 7.52. The Bertz CT molecular complexity index is 434. The molecule has 0 radical (unpaired) electrons. The number of aryl methyl sites for hydroxylation is 1. The van der Waals surface area contributed by atoms with E-state index in [4.69, 9.17) is 17.4 Å². The number of nitrogens with zero attached hydrogens (tertiary/aromatic N) is 4. The maximum Gasteiger partial charge on any atom is 0.0835 e. The average molecular weight is 301 g/mol. The van der Waals surface area contributed by atoms with Gasteiger partial charge in [0, 0.05) is 32.2 Å². The number of nitrogens with two attached hydrogens (primary N) is 1. The second-order valence-electron chi connectivity index (χ2n) is 5.56. The fraction of sp³-hybridized carbons (Fsp3) is 0.769. The van der Waals surface area contributed by atoms with Crippen molar-refractivity contribution in [3.8, 4) is 0 Å². The lowest BCUT2D eigenvalue weighted by atomic mass is 10.0. The molecule has 1 fully saturated rings. The van der Waals surface area contributed by atoms with E-state index in [2.05, 4.69) is 41.3 Å². The molecule has 0 aromatic carbocycles. The highest BCUT2D eigenvalue weighted by atomic mass is 35.5. The zero-order chi connectivity index (χ0) is 14.7. The van der Waals surface area contributed by atoms with Gasteiger partial charge in [0.15, 0.2) is 0 Å². The largest absolute Gasteiger partial charge is 0.303 e. The molecule has 2 atom stereocenters. The SMILES string of the molecule is CCCn1ncc(Cl)c1C(NN)C1CN(C)CCN1C. The summed E-state index contributed by atoms with van der Waals surface area (Å²) in [5.74, 6) is 5.84. The lowest BCUT2D eigenvalue weighted by Crippen LogP contribution is -2.56. The van der Waals surface area contributed by atoms with Crippen LogP contribution < -0.4 is 11.3 Å². The number of likely N-dealkylation sites (N-methyl/N-ethyl adjacent to an activating group) is 2. The number of nitrogens with one attached hydrogen (secondary N) is 1. The van der Waals surface area contributed by atoms with Gasteiger partial charge in [0.2, 0.25) is 0 Å². The van der Waals surface area contributed by atoms with Crippen molar-refractivity contribution in [3.05, 3.63) is 16.9 Å². The maximum atomic E-state index is 6.35. The van der Waals surface area contributed by atoms with E-state index in [-0.39, 0.29) is 12.1 Å². The molecule has 1 saturated heterocycles. The van der Waals surface area contributed by atoms with Crippen LogP contribution in [0.15, 0.2) is 6.20 Å². The van der Waals surface area contributed by atoms with Crippen LogP contribution >= 0.6 is 11.6 Å². The fourth-order valence-corrected chi connectivity index (χ4v) is 3.11. The molecule has 1 aromatic rings. The van der Waals surface area contributed by atoms with Crippen LogP contribution in [0.4, 0.5) is 0 Å². The molecular formula is C13H25ClN6. The Kier molecular flexibility index (Phi) is 5.40. The summed E-state index contributed by atoms with van der Waals surface area (Å²) in [5, 5.41) is 5.05. The van der Waals surface area contributed by atoms with Crippen LogP contribution in [0.1, 0.15) is 25.1 Å². The van der Waals surface area contributed by atoms with Crippen LogP contribution in [-0.4, -0.2) is 59.4 Å². The molecule has 1 aromatic heterocycles. The van der Waals surface area contributed by atoms with Gasteiger partial charge in [-0.2, -0.15) is 5.10 Å². The summed E-state index contributed by atoms with van der Waals surface area (Å²) in [6.07, 6.45) is 2.73. The molecule has 0 saturated carbocycles. The molecule has 0 spiro atoms. The smallest absolute Gasteiger partial charge is 0.0835 e. The maximum absolute atomic E-state index is 6.35. The Labute approximate surface area is 125 Å². The van der Waals surface area contributed by atoms with Gasteiger partial charge in [-0.1, -0.05) is 18.5 Å². The minimum absolute atomic E-state index is 0.0238. The van der Waals surface area contributed by atoms with Crippen molar-refractivity contribution in [2.24, 2.45) is 5.84 Å². The van der Waals surface area contributed by atoms with Crippen LogP contribution in [0, 0.1) is 0 Å². The van der Waals surface area contributed by atoms with Gasteiger partial charge in [-0.3, -0.25) is 15.4 Å². The summed E-state index contributed by atoms with van der Waals surface area (Å²) in [4.78, 5) is 4.66. The molecule has 0 bridgehead atoms. The van der Waals surface area contributed by atoms with Crippen molar-refractivity contribution in [1.82, 2.24) is 25.0 Å². The molecule has 2 rings (SSSR count). The number of aromatic nitrogens is 2. The van der Waals surface area contributed by atoms with Crippen molar-refractivity contribution in [1.29, 1.82) is 0 Å². The highest BCUT2D eigenvalue weighted by Crippen LogP contribution is 2.28. The third-order valence-electron chi connectivity index (χ3n) is 4.03. The molecular weight excluding hydrogens is 276 g/mol. The van der Waals surface area contributed by atoms with Gasteiger partial charge in [-0.15, -0.1) is 0 Å². The lowest BCUT2D eigenvalue weighted by Gasteiger charge is -2.41. The first-order chi connectivity index (χ1) is 9.58. The number of hydrogen-bond donors (Lipinski definition) is 2. The quantitative estimate of drug-likeness (QED) is 0.619. The van der Waals surface area contributed by atoms with Gasteiger partial charge in [-0.25, -0.2) is 5.43 Å². The zero-order valence-electron chi connectivity index (χ0n) is 12.5. The molecule has 114 valence electrons. The summed E-state index contributed by atoms with van der Waals surface area (Å²) in [6, 6.07) is 0.257. The molecule has 1 aliphatic heterocycles. The van der Waals surface area contributed by atoms with Crippen molar-refractivity contribution in [2.45, 2.75) is 32.0 Å². The Hall–Kier alpha value is -0.660. The third-order valence-corrected chi connectivity index (χ3v) is 4.32. The van der Waals surface area contributed by atoms with E-state index in [1.54, 1.807) is 6.20 Å². The molecule has 1 aliphatic rings. The van der Waals surface area contributed by atoms with Crippen LogP contribution in [0.25, 0.3) is 0 Å². The first-order valence-electron chi connectivity index (χ1n) is 7.14. The van der Waals surface area contributed by atoms with Gasteiger partial charge in [-0.05, 0) is 20.5 Å². The van der Waals surface area contributed by atoms with Crippen LogP contribution in [0.3, 0.4) is 0 Å². The molecule has 3 N–H and O–H groups in total.